The van der Waals surface area contributed by atoms with Gasteiger partial charge in [-0.2, -0.15) is 0 Å². The molecule has 1 aliphatic heterocycles. The first-order valence-corrected chi connectivity index (χ1v) is 13.2. The fourth-order valence-corrected chi connectivity index (χ4v) is 5.68. The number of hydrogen-bond acceptors (Lipinski definition) is 7. The number of carbonyl (C=O) groups is 1. The lowest BCUT2D eigenvalue weighted by molar-refractivity contribution is 0.0391. The summed E-state index contributed by atoms with van der Waals surface area (Å²) in [6.45, 7) is 7.78. The molecule has 0 bridgehead atoms. The van der Waals surface area contributed by atoms with E-state index in [-0.39, 0.29) is 16.6 Å². The van der Waals surface area contributed by atoms with Crippen LogP contribution in [0.15, 0.2) is 47.4 Å². The van der Waals surface area contributed by atoms with Crippen molar-refractivity contribution in [3.8, 4) is 0 Å². The molecule has 3 aromatic rings. The van der Waals surface area contributed by atoms with Crippen molar-refractivity contribution in [3.05, 3.63) is 53.6 Å². The molecule has 170 valence electrons. The number of fused-ring (bicyclic) bond motifs is 1. The van der Waals surface area contributed by atoms with Gasteiger partial charge >= 0.3 is 0 Å². The van der Waals surface area contributed by atoms with Crippen LogP contribution in [0.2, 0.25) is 0 Å². The number of para-hydroxylation sites is 1. The molecule has 0 N–H and O–H groups in total. The van der Waals surface area contributed by atoms with Gasteiger partial charge in [-0.15, -0.1) is 0 Å². The van der Waals surface area contributed by atoms with Crippen LogP contribution in [0.1, 0.15) is 22.8 Å². The Labute approximate surface area is 192 Å². The van der Waals surface area contributed by atoms with Gasteiger partial charge in [0.05, 0.1) is 34.1 Å². The number of aryl methyl sites for hydroxylation is 1. The van der Waals surface area contributed by atoms with Gasteiger partial charge in [-0.05, 0) is 36.8 Å². The van der Waals surface area contributed by atoms with E-state index in [1.807, 2.05) is 25.1 Å². The highest BCUT2D eigenvalue weighted by atomic mass is 32.2. The van der Waals surface area contributed by atoms with E-state index in [4.69, 9.17) is 9.72 Å². The Morgan fingerprint density at radius 2 is 1.94 bits per heavy atom. The lowest BCUT2D eigenvalue weighted by Crippen LogP contribution is -2.43. The summed E-state index contributed by atoms with van der Waals surface area (Å²) in [6, 6.07) is 12.3. The number of sulfone groups is 1. The second kappa shape index (κ2) is 9.66. The van der Waals surface area contributed by atoms with Crippen LogP contribution in [-0.2, 0) is 14.6 Å². The Balaban J connectivity index is 1.68. The van der Waals surface area contributed by atoms with Gasteiger partial charge in [-0.3, -0.25) is 14.6 Å². The number of hydrogen-bond donors (Lipinski definition) is 0. The molecule has 1 fully saturated rings. The molecule has 1 saturated heterocycles. The highest BCUT2D eigenvalue weighted by Gasteiger charge is 2.24. The van der Waals surface area contributed by atoms with E-state index in [2.05, 4.69) is 4.90 Å². The molecule has 4 rings (SSSR count). The molecule has 1 aromatic heterocycles. The van der Waals surface area contributed by atoms with E-state index < -0.39 is 9.84 Å². The number of aromatic nitrogens is 1. The fraction of sp³-hybridized carbons (Fsp3) is 0.391. The molecule has 0 unspecified atom stereocenters. The quantitative estimate of drug-likeness (QED) is 0.523. The number of amides is 1. The van der Waals surface area contributed by atoms with Crippen molar-refractivity contribution in [1.82, 2.24) is 9.88 Å². The van der Waals surface area contributed by atoms with Gasteiger partial charge in [0.15, 0.2) is 15.0 Å². The van der Waals surface area contributed by atoms with Crippen molar-refractivity contribution in [3.63, 3.8) is 0 Å². The standard InChI is InChI=1S/C23H27N3O4S2/c1-3-32(28,29)19-8-5-7-18(16-19)22(27)26(11-10-25-12-14-30-15-13-25)23-24-21-17(2)6-4-9-20(21)31-23/h4-9,16H,3,10-15H2,1-2H3. The third-order valence-corrected chi connectivity index (χ3v) is 8.43. The van der Waals surface area contributed by atoms with Crippen LogP contribution in [-0.4, -0.2) is 69.4 Å². The van der Waals surface area contributed by atoms with Crippen LogP contribution in [0.3, 0.4) is 0 Å². The molecule has 2 heterocycles. The molecule has 0 radical (unpaired) electrons. The van der Waals surface area contributed by atoms with Crippen LogP contribution < -0.4 is 4.90 Å². The van der Waals surface area contributed by atoms with Gasteiger partial charge in [-0.1, -0.05) is 36.5 Å². The van der Waals surface area contributed by atoms with Crippen molar-refractivity contribution in [2.75, 3.05) is 50.0 Å². The maximum absolute atomic E-state index is 13.6. The van der Waals surface area contributed by atoms with Crippen molar-refractivity contribution in [2.45, 2.75) is 18.7 Å². The molecule has 1 aliphatic rings. The SMILES string of the molecule is CCS(=O)(=O)c1cccc(C(=O)N(CCN2CCOCC2)c2nc3c(C)cccc3s2)c1. The minimum Gasteiger partial charge on any atom is -0.379 e. The largest absolute Gasteiger partial charge is 0.379 e. The number of rotatable bonds is 7. The summed E-state index contributed by atoms with van der Waals surface area (Å²) >= 11 is 1.48. The van der Waals surface area contributed by atoms with E-state index >= 15 is 0 Å². The number of anilines is 1. The van der Waals surface area contributed by atoms with E-state index in [0.717, 1.165) is 28.9 Å². The molecular weight excluding hydrogens is 446 g/mol. The topological polar surface area (TPSA) is 79.8 Å². The first kappa shape index (κ1) is 22.8. The average Bonchev–Trinajstić information content (AvgIpc) is 3.25. The molecule has 0 spiro atoms. The molecule has 2 aromatic carbocycles. The lowest BCUT2D eigenvalue weighted by atomic mass is 10.2. The van der Waals surface area contributed by atoms with Gasteiger partial charge in [0.25, 0.3) is 5.91 Å². The maximum atomic E-state index is 13.6. The third-order valence-electron chi connectivity index (χ3n) is 5.65. The van der Waals surface area contributed by atoms with Crippen LogP contribution in [0, 0.1) is 6.92 Å². The third kappa shape index (κ3) is 4.85. The average molecular weight is 474 g/mol. The maximum Gasteiger partial charge on any atom is 0.260 e. The summed E-state index contributed by atoms with van der Waals surface area (Å²) in [5.41, 5.74) is 2.29. The van der Waals surface area contributed by atoms with Crippen molar-refractivity contribution < 1.29 is 17.9 Å². The Morgan fingerprint density at radius 3 is 2.66 bits per heavy atom. The predicted molar refractivity (Wildman–Crippen MR) is 127 cm³/mol. The summed E-state index contributed by atoms with van der Waals surface area (Å²) < 4.78 is 31.1. The zero-order chi connectivity index (χ0) is 22.7. The monoisotopic (exact) mass is 473 g/mol. The molecule has 1 amide bonds. The Bertz CT molecular complexity index is 1220. The van der Waals surface area contributed by atoms with Crippen molar-refractivity contribution >= 4 is 42.4 Å². The summed E-state index contributed by atoms with van der Waals surface area (Å²) in [6.07, 6.45) is 0. The van der Waals surface area contributed by atoms with Crippen LogP contribution in [0.4, 0.5) is 5.13 Å². The highest BCUT2D eigenvalue weighted by molar-refractivity contribution is 7.91. The number of benzene rings is 2. The lowest BCUT2D eigenvalue weighted by Gasteiger charge is -2.29. The second-order valence-corrected chi connectivity index (χ2v) is 11.0. The fourth-order valence-electron chi connectivity index (χ4n) is 3.69. The van der Waals surface area contributed by atoms with Crippen LogP contribution in [0.25, 0.3) is 10.2 Å². The van der Waals surface area contributed by atoms with Gasteiger partial charge in [0.2, 0.25) is 0 Å². The smallest absolute Gasteiger partial charge is 0.260 e. The number of ether oxygens (including phenoxy) is 1. The van der Waals surface area contributed by atoms with Crippen LogP contribution in [0.5, 0.6) is 0 Å². The first-order valence-electron chi connectivity index (χ1n) is 10.7. The van der Waals surface area contributed by atoms with Crippen LogP contribution >= 0.6 is 11.3 Å². The molecule has 0 atom stereocenters. The van der Waals surface area contributed by atoms with Gasteiger partial charge < -0.3 is 4.74 Å². The zero-order valence-electron chi connectivity index (χ0n) is 18.3. The molecular formula is C23H27N3O4S2. The normalized spacial score (nSPS) is 15.2. The molecule has 7 nitrogen and oxygen atoms in total. The Hall–Kier alpha value is -2.33. The Kier molecular flexibility index (Phi) is 6.90. The van der Waals surface area contributed by atoms with Crippen molar-refractivity contribution in [2.24, 2.45) is 0 Å². The van der Waals surface area contributed by atoms with E-state index in [9.17, 15) is 13.2 Å². The minimum atomic E-state index is -3.41. The number of morpholine rings is 1. The molecule has 0 saturated carbocycles. The summed E-state index contributed by atoms with van der Waals surface area (Å²) in [4.78, 5) is 22.5. The van der Waals surface area contributed by atoms with E-state index in [0.29, 0.717) is 37.0 Å². The predicted octanol–water partition coefficient (Wildman–Crippen LogP) is 3.38. The second-order valence-electron chi connectivity index (χ2n) is 7.76. The summed E-state index contributed by atoms with van der Waals surface area (Å²) in [5, 5.41) is 0.622. The van der Waals surface area contributed by atoms with E-state index in [1.54, 1.807) is 24.0 Å². The Morgan fingerprint density at radius 1 is 1.19 bits per heavy atom. The number of carbonyl (C=O) groups excluding carboxylic acids is 1. The van der Waals surface area contributed by atoms with E-state index in [1.165, 1.54) is 23.5 Å². The summed E-state index contributed by atoms with van der Waals surface area (Å²) in [7, 11) is -3.41. The number of thiazole rings is 1. The summed E-state index contributed by atoms with van der Waals surface area (Å²) in [5.74, 6) is -0.258. The molecule has 0 aliphatic carbocycles. The zero-order valence-corrected chi connectivity index (χ0v) is 19.9. The van der Waals surface area contributed by atoms with Gasteiger partial charge in [0, 0.05) is 31.7 Å². The molecule has 32 heavy (non-hydrogen) atoms. The number of nitrogens with zero attached hydrogens (tertiary/aromatic N) is 3. The van der Waals surface area contributed by atoms with Gasteiger partial charge in [-0.25, -0.2) is 13.4 Å². The minimum absolute atomic E-state index is 0.0114. The molecule has 9 heteroatoms. The van der Waals surface area contributed by atoms with Gasteiger partial charge in [0.1, 0.15) is 0 Å². The van der Waals surface area contributed by atoms with Crippen molar-refractivity contribution in [1.29, 1.82) is 0 Å². The highest BCUT2D eigenvalue weighted by Crippen LogP contribution is 2.31. The first-order chi connectivity index (χ1) is 15.4.